The Morgan fingerprint density at radius 3 is 1.79 bits per heavy atom. The Morgan fingerprint density at radius 1 is 0.349 bits per heavy atom. The molecule has 0 saturated heterocycles. The fourth-order valence-corrected chi connectivity index (χ4v) is 10.5. The molecule has 0 aliphatic carbocycles. The molecule has 0 spiro atoms. The van der Waals surface area contributed by atoms with Gasteiger partial charge in [-0.1, -0.05) is 133 Å². The molecule has 5 aromatic heterocycles. The lowest BCUT2D eigenvalue weighted by Gasteiger charge is -2.12. The van der Waals surface area contributed by atoms with E-state index >= 15 is 0 Å². The number of thiophene rings is 1. The van der Waals surface area contributed by atoms with Crippen LogP contribution in [0.25, 0.3) is 120 Å². The van der Waals surface area contributed by atoms with Crippen LogP contribution in [0.15, 0.2) is 212 Å². The highest BCUT2D eigenvalue weighted by atomic mass is 32.1. The van der Waals surface area contributed by atoms with Gasteiger partial charge in [-0.2, -0.15) is 0 Å². The van der Waals surface area contributed by atoms with E-state index in [4.69, 9.17) is 15.0 Å². The quantitative estimate of drug-likeness (QED) is 0.168. The van der Waals surface area contributed by atoms with Gasteiger partial charge in [0.1, 0.15) is 5.82 Å². The molecule has 6 heteroatoms. The van der Waals surface area contributed by atoms with Crippen molar-refractivity contribution in [3.63, 3.8) is 0 Å². The number of pyridine rings is 1. The van der Waals surface area contributed by atoms with Gasteiger partial charge in [-0.25, -0.2) is 9.97 Å². The van der Waals surface area contributed by atoms with Crippen LogP contribution in [0.5, 0.6) is 0 Å². The van der Waals surface area contributed by atoms with Crippen LogP contribution < -0.4 is 0 Å². The Bertz CT molecular complexity index is 3860. The third-order valence-electron chi connectivity index (χ3n) is 12.4. The number of hydrogen-bond acceptors (Lipinski definition) is 4. The Balaban J connectivity index is 0.937. The van der Waals surface area contributed by atoms with E-state index in [9.17, 15) is 0 Å². The maximum atomic E-state index is 5.23. The summed E-state index contributed by atoms with van der Waals surface area (Å²) in [4.78, 5) is 15.1. The van der Waals surface area contributed by atoms with Crippen molar-refractivity contribution < 1.29 is 0 Å². The molecule has 5 nitrogen and oxygen atoms in total. The van der Waals surface area contributed by atoms with Crippen molar-refractivity contribution in [3.8, 4) is 56.4 Å². The number of aromatic nitrogens is 5. The largest absolute Gasteiger partial charge is 0.309 e. The molecule has 13 rings (SSSR count). The minimum absolute atomic E-state index is 0.694. The molecule has 0 aliphatic heterocycles. The summed E-state index contributed by atoms with van der Waals surface area (Å²) >= 11 is 1.80. The summed E-state index contributed by atoms with van der Waals surface area (Å²) in [5.41, 5.74) is 14.3. The van der Waals surface area contributed by atoms with Crippen LogP contribution in [0.4, 0.5) is 0 Å². The molecule has 63 heavy (non-hydrogen) atoms. The van der Waals surface area contributed by atoms with Gasteiger partial charge in [-0.15, -0.1) is 11.3 Å². The predicted molar refractivity (Wildman–Crippen MR) is 263 cm³/mol. The molecular weight excluding hydrogens is 787 g/mol. The van der Waals surface area contributed by atoms with Gasteiger partial charge in [-0.05, 0) is 89.0 Å². The van der Waals surface area contributed by atoms with Crippen LogP contribution in [-0.4, -0.2) is 24.1 Å². The lowest BCUT2D eigenvalue weighted by atomic mass is 9.97. The van der Waals surface area contributed by atoms with Crippen LogP contribution in [0.3, 0.4) is 0 Å². The molecule has 0 atom stereocenters. The minimum Gasteiger partial charge on any atom is -0.309 e. The Morgan fingerprint density at radius 2 is 0.984 bits per heavy atom. The standard InChI is InChI=1S/C57H35N5S/c1-3-13-36(14-4-1)48-35-55(60-57(59-48)37-15-5-2-6-16-37)62-50-22-10-8-20-44(50)46-32-40(25-28-51(46)62)38-17-11-18-39(31-38)41-24-27-45-43-19-7-9-21-49(43)61(52(45)33-41)42-26-29-53-47(34-42)56-54(63-53)23-12-30-58-56/h1-35H. The van der Waals surface area contributed by atoms with Crippen molar-refractivity contribution in [1.82, 2.24) is 24.1 Å². The first-order valence-corrected chi connectivity index (χ1v) is 22.0. The van der Waals surface area contributed by atoms with E-state index < -0.39 is 0 Å². The van der Waals surface area contributed by atoms with Gasteiger partial charge >= 0.3 is 0 Å². The maximum absolute atomic E-state index is 5.23. The van der Waals surface area contributed by atoms with E-state index in [1.807, 2.05) is 36.5 Å². The SMILES string of the molecule is c1ccc(-c2cc(-n3c4ccccc4c4cc(-c5cccc(-c6ccc7c8ccccc8n(-c8ccc9sc%10cccnc%10c9c8)c7c6)c5)ccc43)nc(-c3ccccc3)n2)cc1. The fraction of sp³-hybridized carbons (Fsp3) is 0. The van der Waals surface area contributed by atoms with Crippen molar-refractivity contribution in [2.75, 3.05) is 0 Å². The van der Waals surface area contributed by atoms with Crippen molar-refractivity contribution in [2.45, 2.75) is 0 Å². The molecule has 294 valence electrons. The van der Waals surface area contributed by atoms with E-state index in [0.717, 1.165) is 56.0 Å². The molecule has 0 bridgehead atoms. The number of benzene rings is 8. The Hall–Kier alpha value is -8.19. The van der Waals surface area contributed by atoms with Gasteiger partial charge in [0.25, 0.3) is 0 Å². The summed E-state index contributed by atoms with van der Waals surface area (Å²) < 4.78 is 7.16. The van der Waals surface area contributed by atoms with E-state index in [1.165, 1.54) is 58.5 Å². The average molecular weight is 822 g/mol. The van der Waals surface area contributed by atoms with E-state index in [1.54, 1.807) is 11.3 Å². The van der Waals surface area contributed by atoms with Crippen molar-refractivity contribution in [1.29, 1.82) is 0 Å². The first-order valence-electron chi connectivity index (χ1n) is 21.2. The smallest absolute Gasteiger partial charge is 0.162 e. The molecule has 13 aromatic rings. The zero-order valence-electron chi connectivity index (χ0n) is 33.9. The van der Waals surface area contributed by atoms with Crippen LogP contribution in [0.2, 0.25) is 0 Å². The molecule has 8 aromatic carbocycles. The lowest BCUT2D eigenvalue weighted by Crippen LogP contribution is -2.02. The molecular formula is C57H35N5S. The summed E-state index contributed by atoms with van der Waals surface area (Å²) in [6.45, 7) is 0. The summed E-state index contributed by atoms with van der Waals surface area (Å²) in [6.07, 6.45) is 1.89. The van der Waals surface area contributed by atoms with Gasteiger partial charge < -0.3 is 4.57 Å². The van der Waals surface area contributed by atoms with E-state index in [-0.39, 0.29) is 0 Å². The molecule has 0 fully saturated rings. The van der Waals surface area contributed by atoms with E-state index in [2.05, 4.69) is 185 Å². The van der Waals surface area contributed by atoms with Gasteiger partial charge in [0.05, 0.1) is 38.0 Å². The molecule has 5 heterocycles. The van der Waals surface area contributed by atoms with Gasteiger partial charge in [0, 0.05) is 60.7 Å². The van der Waals surface area contributed by atoms with E-state index in [0.29, 0.717) is 5.82 Å². The highest BCUT2D eigenvalue weighted by Crippen LogP contribution is 2.40. The average Bonchev–Trinajstić information content (AvgIpc) is 4.01. The summed E-state index contributed by atoms with van der Waals surface area (Å²) in [6, 6.07) is 73.7. The fourth-order valence-electron chi connectivity index (χ4n) is 9.45. The summed E-state index contributed by atoms with van der Waals surface area (Å²) in [7, 11) is 0. The number of rotatable bonds is 6. The Labute approximate surface area is 366 Å². The van der Waals surface area contributed by atoms with Crippen molar-refractivity contribution in [2.24, 2.45) is 0 Å². The first-order chi connectivity index (χ1) is 31.2. The summed E-state index contributed by atoms with van der Waals surface area (Å²) in [5.74, 6) is 1.52. The molecule has 0 radical (unpaired) electrons. The zero-order valence-corrected chi connectivity index (χ0v) is 34.7. The van der Waals surface area contributed by atoms with Gasteiger partial charge in [0.15, 0.2) is 5.82 Å². The maximum Gasteiger partial charge on any atom is 0.162 e. The second-order valence-corrected chi connectivity index (χ2v) is 17.1. The van der Waals surface area contributed by atoms with Crippen LogP contribution >= 0.6 is 11.3 Å². The van der Waals surface area contributed by atoms with Crippen molar-refractivity contribution in [3.05, 3.63) is 212 Å². The van der Waals surface area contributed by atoms with Crippen LogP contribution in [-0.2, 0) is 0 Å². The zero-order chi connectivity index (χ0) is 41.4. The number of nitrogens with zero attached hydrogens (tertiary/aromatic N) is 5. The van der Waals surface area contributed by atoms with Crippen LogP contribution in [0.1, 0.15) is 0 Å². The van der Waals surface area contributed by atoms with Crippen molar-refractivity contribution >= 4 is 75.3 Å². The second-order valence-electron chi connectivity index (χ2n) is 16.0. The monoisotopic (exact) mass is 821 g/mol. The molecule has 0 unspecified atom stereocenters. The van der Waals surface area contributed by atoms with Crippen LogP contribution in [0, 0.1) is 0 Å². The molecule has 0 saturated carbocycles. The normalized spacial score (nSPS) is 11.8. The molecule has 0 N–H and O–H groups in total. The Kier molecular flexibility index (Phi) is 8.01. The summed E-state index contributed by atoms with van der Waals surface area (Å²) in [5, 5.41) is 6.01. The highest BCUT2D eigenvalue weighted by Gasteiger charge is 2.19. The third kappa shape index (κ3) is 5.80. The molecule has 0 aliphatic rings. The topological polar surface area (TPSA) is 48.5 Å². The highest BCUT2D eigenvalue weighted by molar-refractivity contribution is 7.25. The predicted octanol–water partition coefficient (Wildman–Crippen LogP) is 15.1. The third-order valence-corrected chi connectivity index (χ3v) is 13.5. The number of hydrogen-bond donors (Lipinski definition) is 0. The second kappa shape index (κ2) is 14.2. The number of fused-ring (bicyclic) bond motifs is 9. The first kappa shape index (κ1) is 35.6. The molecule has 0 amide bonds. The van der Waals surface area contributed by atoms with Gasteiger partial charge in [0.2, 0.25) is 0 Å². The van der Waals surface area contributed by atoms with Gasteiger partial charge in [-0.3, -0.25) is 9.55 Å². The minimum atomic E-state index is 0.694. The number of para-hydroxylation sites is 2. The lowest BCUT2D eigenvalue weighted by molar-refractivity contribution is 1.05.